The van der Waals surface area contributed by atoms with E-state index in [0.29, 0.717) is 28.6 Å². The van der Waals surface area contributed by atoms with Crippen molar-refractivity contribution in [1.29, 1.82) is 0 Å². The molecule has 2 heterocycles. The molecule has 170 valence electrons. The molecular weight excluding hydrogens is 438 g/mol. The van der Waals surface area contributed by atoms with Gasteiger partial charge in [0.2, 0.25) is 5.91 Å². The Hall–Kier alpha value is -3.19. The molecule has 3 atom stereocenters. The first-order chi connectivity index (χ1) is 16.0. The molecule has 0 bridgehead atoms. The normalized spacial score (nSPS) is 22.1. The fourth-order valence-electron chi connectivity index (χ4n) is 5.26. The van der Waals surface area contributed by atoms with Gasteiger partial charge in [0.25, 0.3) is 5.91 Å². The predicted octanol–water partition coefficient (Wildman–Crippen LogP) is 4.55. The first-order valence-electron chi connectivity index (χ1n) is 11.3. The number of nitrogens with one attached hydrogen (secondary N) is 1. The lowest BCUT2D eigenvalue weighted by Gasteiger charge is -2.33. The van der Waals surface area contributed by atoms with Gasteiger partial charge in [0, 0.05) is 34.9 Å². The molecule has 5 rings (SSSR count). The van der Waals surface area contributed by atoms with Gasteiger partial charge in [-0.3, -0.25) is 9.59 Å². The highest BCUT2D eigenvalue weighted by Gasteiger charge is 2.47. The van der Waals surface area contributed by atoms with Crippen molar-refractivity contribution in [2.24, 2.45) is 13.0 Å². The minimum Gasteiger partial charge on any atom is -0.324 e. The summed E-state index contributed by atoms with van der Waals surface area (Å²) in [6.07, 6.45) is 6.53. The predicted molar refractivity (Wildman–Crippen MR) is 127 cm³/mol. The average Bonchev–Trinajstić information content (AvgIpc) is 3.42. The highest BCUT2D eigenvalue weighted by atomic mass is 35.5. The van der Waals surface area contributed by atoms with Crippen LogP contribution in [0.2, 0.25) is 5.02 Å². The standard InChI is InChI=1S/C25H26ClN5O2/c1-30-15-27-29-23(30)17-7-5-10-20(13-17)28-24(32)22-14-16-6-2-3-11-21(16)31(22)25(33)18-8-4-9-19(26)12-18/h4-5,7-10,12-13,15-16,21-22H,2-3,6,11,14H2,1H3,(H,28,32). The average molecular weight is 464 g/mol. The number of anilines is 1. The number of rotatable bonds is 4. The monoisotopic (exact) mass is 463 g/mol. The lowest BCUT2D eigenvalue weighted by molar-refractivity contribution is -0.120. The smallest absolute Gasteiger partial charge is 0.254 e. The number of benzene rings is 2. The molecule has 2 aromatic carbocycles. The number of aryl methyl sites for hydroxylation is 1. The Bertz CT molecular complexity index is 1190. The maximum atomic E-state index is 13.5. The summed E-state index contributed by atoms with van der Waals surface area (Å²) in [5, 5.41) is 11.6. The number of carbonyl (C=O) groups is 2. The van der Waals surface area contributed by atoms with Crippen LogP contribution in [0.4, 0.5) is 5.69 Å². The number of carbonyl (C=O) groups excluding carboxylic acids is 2. The van der Waals surface area contributed by atoms with E-state index >= 15 is 0 Å². The lowest BCUT2D eigenvalue weighted by Crippen LogP contribution is -2.47. The van der Waals surface area contributed by atoms with E-state index in [1.165, 1.54) is 0 Å². The quantitative estimate of drug-likeness (QED) is 0.615. The molecule has 1 saturated heterocycles. The zero-order valence-corrected chi connectivity index (χ0v) is 19.2. The van der Waals surface area contributed by atoms with Gasteiger partial charge in [-0.25, -0.2) is 0 Å². The SMILES string of the molecule is Cn1cnnc1-c1cccc(NC(=O)C2CC3CCCCC3N2C(=O)c2cccc(Cl)c2)c1. The summed E-state index contributed by atoms with van der Waals surface area (Å²) >= 11 is 6.15. The minimum atomic E-state index is -0.511. The van der Waals surface area contributed by atoms with Gasteiger partial charge >= 0.3 is 0 Å². The molecule has 1 N–H and O–H groups in total. The van der Waals surface area contributed by atoms with Crippen molar-refractivity contribution >= 4 is 29.1 Å². The number of nitrogens with zero attached hydrogens (tertiary/aromatic N) is 4. The molecule has 2 fully saturated rings. The van der Waals surface area contributed by atoms with E-state index < -0.39 is 6.04 Å². The molecule has 1 aliphatic heterocycles. The summed E-state index contributed by atoms with van der Waals surface area (Å²) < 4.78 is 1.83. The van der Waals surface area contributed by atoms with E-state index in [1.54, 1.807) is 30.6 Å². The second kappa shape index (κ2) is 8.98. The van der Waals surface area contributed by atoms with Crippen LogP contribution in [0, 0.1) is 5.92 Å². The Morgan fingerprint density at radius 1 is 1.09 bits per heavy atom. The van der Waals surface area contributed by atoms with Gasteiger partial charge < -0.3 is 14.8 Å². The van der Waals surface area contributed by atoms with Gasteiger partial charge in [-0.1, -0.05) is 42.6 Å². The topological polar surface area (TPSA) is 80.1 Å². The third-order valence-corrected chi connectivity index (χ3v) is 7.03. The molecule has 2 amide bonds. The molecule has 7 nitrogen and oxygen atoms in total. The van der Waals surface area contributed by atoms with Gasteiger partial charge in [-0.15, -0.1) is 10.2 Å². The van der Waals surface area contributed by atoms with E-state index in [4.69, 9.17) is 11.6 Å². The van der Waals surface area contributed by atoms with Gasteiger partial charge in [0.05, 0.1) is 0 Å². The largest absolute Gasteiger partial charge is 0.324 e. The van der Waals surface area contributed by atoms with E-state index in [-0.39, 0.29) is 17.9 Å². The molecule has 1 aromatic heterocycles. The van der Waals surface area contributed by atoms with Crippen molar-refractivity contribution in [1.82, 2.24) is 19.7 Å². The van der Waals surface area contributed by atoms with Crippen molar-refractivity contribution in [3.63, 3.8) is 0 Å². The minimum absolute atomic E-state index is 0.0889. The van der Waals surface area contributed by atoms with Crippen molar-refractivity contribution in [2.45, 2.75) is 44.2 Å². The van der Waals surface area contributed by atoms with Crippen LogP contribution in [0.25, 0.3) is 11.4 Å². The van der Waals surface area contributed by atoms with Crippen LogP contribution in [0.15, 0.2) is 54.9 Å². The van der Waals surface area contributed by atoms with Gasteiger partial charge in [-0.05, 0) is 55.5 Å². The summed E-state index contributed by atoms with van der Waals surface area (Å²) in [5.74, 6) is 0.785. The third-order valence-electron chi connectivity index (χ3n) is 6.80. The van der Waals surface area contributed by atoms with Crippen LogP contribution in [0.1, 0.15) is 42.5 Å². The molecule has 1 aliphatic carbocycles. The first kappa shape index (κ1) is 21.6. The van der Waals surface area contributed by atoms with Crippen LogP contribution in [0.3, 0.4) is 0 Å². The Balaban J connectivity index is 1.41. The van der Waals surface area contributed by atoms with Crippen LogP contribution < -0.4 is 5.32 Å². The first-order valence-corrected chi connectivity index (χ1v) is 11.7. The number of likely N-dealkylation sites (tertiary alicyclic amines) is 1. The summed E-state index contributed by atoms with van der Waals surface area (Å²) in [4.78, 5) is 28.8. The maximum Gasteiger partial charge on any atom is 0.254 e. The molecule has 0 spiro atoms. The van der Waals surface area contributed by atoms with E-state index in [0.717, 1.165) is 37.1 Å². The third kappa shape index (κ3) is 4.25. The maximum absolute atomic E-state index is 13.5. The van der Waals surface area contributed by atoms with Crippen LogP contribution in [-0.2, 0) is 11.8 Å². The Labute approximate surface area is 197 Å². The number of hydrogen-bond acceptors (Lipinski definition) is 4. The highest BCUT2D eigenvalue weighted by molar-refractivity contribution is 6.31. The summed E-state index contributed by atoms with van der Waals surface area (Å²) in [5.41, 5.74) is 2.06. The molecule has 8 heteroatoms. The number of aromatic nitrogens is 3. The van der Waals surface area contributed by atoms with Crippen molar-refractivity contribution in [2.75, 3.05) is 5.32 Å². The number of fused-ring (bicyclic) bond motifs is 1. The zero-order valence-electron chi connectivity index (χ0n) is 18.4. The second-order valence-electron chi connectivity index (χ2n) is 8.92. The molecule has 3 aromatic rings. The zero-order chi connectivity index (χ0) is 22.9. The Morgan fingerprint density at radius 2 is 1.91 bits per heavy atom. The molecule has 33 heavy (non-hydrogen) atoms. The van der Waals surface area contributed by atoms with E-state index in [1.807, 2.05) is 40.8 Å². The van der Waals surface area contributed by atoms with Crippen molar-refractivity contribution in [3.05, 3.63) is 65.4 Å². The number of halogens is 1. The van der Waals surface area contributed by atoms with Crippen LogP contribution in [0.5, 0.6) is 0 Å². The molecular formula is C25H26ClN5O2. The summed E-state index contributed by atoms with van der Waals surface area (Å²) in [6.45, 7) is 0. The van der Waals surface area contributed by atoms with Gasteiger partial charge in [0.1, 0.15) is 12.4 Å². The Morgan fingerprint density at radius 3 is 2.70 bits per heavy atom. The molecule has 2 aliphatic rings. The van der Waals surface area contributed by atoms with Crippen LogP contribution in [-0.4, -0.2) is 43.6 Å². The number of amides is 2. The molecule has 1 saturated carbocycles. The van der Waals surface area contributed by atoms with Crippen LogP contribution >= 0.6 is 11.6 Å². The van der Waals surface area contributed by atoms with Crippen molar-refractivity contribution in [3.8, 4) is 11.4 Å². The van der Waals surface area contributed by atoms with Gasteiger partial charge in [0.15, 0.2) is 5.82 Å². The van der Waals surface area contributed by atoms with E-state index in [9.17, 15) is 9.59 Å². The number of hydrogen-bond donors (Lipinski definition) is 1. The summed E-state index contributed by atoms with van der Waals surface area (Å²) in [7, 11) is 1.88. The van der Waals surface area contributed by atoms with Gasteiger partial charge in [-0.2, -0.15) is 0 Å². The highest BCUT2D eigenvalue weighted by Crippen LogP contribution is 2.41. The fraction of sp³-hybridized carbons (Fsp3) is 0.360. The second-order valence-corrected chi connectivity index (χ2v) is 9.36. The molecule has 0 radical (unpaired) electrons. The summed E-state index contributed by atoms with van der Waals surface area (Å²) in [6, 6.07) is 14.1. The molecule has 3 unspecified atom stereocenters. The lowest BCUT2D eigenvalue weighted by atomic mass is 9.84. The fourth-order valence-corrected chi connectivity index (χ4v) is 5.45. The van der Waals surface area contributed by atoms with E-state index in [2.05, 4.69) is 15.5 Å². The Kier molecular flexibility index (Phi) is 5.89. The van der Waals surface area contributed by atoms with Crippen molar-refractivity contribution < 1.29 is 9.59 Å².